The Bertz CT molecular complexity index is 645. The van der Waals surface area contributed by atoms with Crippen LogP contribution < -0.4 is 0 Å². The molecule has 1 saturated carbocycles. The van der Waals surface area contributed by atoms with Crippen LogP contribution in [0.4, 0.5) is 0 Å². The molecule has 1 aliphatic rings. The molecule has 128 valence electrons. The predicted octanol–water partition coefficient (Wildman–Crippen LogP) is 4.46. The number of amides is 1. The van der Waals surface area contributed by atoms with Crippen molar-refractivity contribution < 1.29 is 9.21 Å². The molecule has 24 heavy (non-hydrogen) atoms. The molecule has 2 aromatic rings. The molecule has 1 heterocycles. The highest BCUT2D eigenvalue weighted by atomic mass is 16.4. The molecular weight excluding hydrogens is 300 g/mol. The van der Waals surface area contributed by atoms with Gasteiger partial charge in [0.1, 0.15) is 0 Å². The average molecular weight is 326 g/mol. The summed E-state index contributed by atoms with van der Waals surface area (Å²) < 4.78 is 5.80. The van der Waals surface area contributed by atoms with Gasteiger partial charge in [0.2, 0.25) is 5.91 Å². The molecule has 0 saturated heterocycles. The quantitative estimate of drug-likeness (QED) is 0.787. The molecule has 3 rings (SSSR count). The fourth-order valence-corrected chi connectivity index (χ4v) is 3.55. The number of aryl methyl sites for hydroxylation is 1. The van der Waals surface area contributed by atoms with Crippen LogP contribution in [0.1, 0.15) is 51.3 Å². The first-order valence-corrected chi connectivity index (χ1v) is 9.07. The highest BCUT2D eigenvalue weighted by Crippen LogP contribution is 2.24. The maximum Gasteiger partial charge on any atom is 0.223 e. The molecule has 1 aliphatic carbocycles. The molecule has 0 radical (unpaired) electrons. The van der Waals surface area contributed by atoms with Crippen molar-refractivity contribution in [2.24, 2.45) is 0 Å². The van der Waals surface area contributed by atoms with Gasteiger partial charge in [-0.2, -0.15) is 0 Å². The Balaban J connectivity index is 1.56. The Morgan fingerprint density at radius 3 is 2.67 bits per heavy atom. The second-order valence-corrected chi connectivity index (χ2v) is 6.46. The van der Waals surface area contributed by atoms with Crippen molar-refractivity contribution in [1.82, 2.24) is 9.88 Å². The van der Waals surface area contributed by atoms with Gasteiger partial charge in [-0.15, -0.1) is 0 Å². The molecule has 0 aliphatic heterocycles. The maximum absolute atomic E-state index is 12.6. The van der Waals surface area contributed by atoms with Gasteiger partial charge in [0, 0.05) is 31.0 Å². The summed E-state index contributed by atoms with van der Waals surface area (Å²) in [4.78, 5) is 19.0. The van der Waals surface area contributed by atoms with Crippen LogP contribution in [0.5, 0.6) is 0 Å². The van der Waals surface area contributed by atoms with E-state index in [1.54, 1.807) is 6.20 Å². The third-order valence-electron chi connectivity index (χ3n) is 4.84. The SMILES string of the molecule is CCN(C(=O)CCc1ncc(-c2ccccc2)o1)C1CCCCC1. The number of nitrogens with zero attached hydrogens (tertiary/aromatic N) is 2. The number of carbonyl (C=O) groups excluding carboxylic acids is 1. The van der Waals surface area contributed by atoms with E-state index in [0.29, 0.717) is 24.8 Å². The zero-order valence-electron chi connectivity index (χ0n) is 14.4. The maximum atomic E-state index is 12.6. The Hall–Kier alpha value is -2.10. The minimum atomic E-state index is 0.226. The summed E-state index contributed by atoms with van der Waals surface area (Å²) in [5.41, 5.74) is 1.01. The van der Waals surface area contributed by atoms with Crippen molar-refractivity contribution in [3.8, 4) is 11.3 Å². The Morgan fingerprint density at radius 2 is 1.96 bits per heavy atom. The van der Waals surface area contributed by atoms with Crippen molar-refractivity contribution >= 4 is 5.91 Å². The van der Waals surface area contributed by atoms with Gasteiger partial charge in [-0.3, -0.25) is 4.79 Å². The molecule has 1 aromatic heterocycles. The highest BCUT2D eigenvalue weighted by Gasteiger charge is 2.24. The molecule has 1 aromatic carbocycles. The summed E-state index contributed by atoms with van der Waals surface area (Å²) >= 11 is 0. The van der Waals surface area contributed by atoms with Crippen LogP contribution in [0, 0.1) is 0 Å². The van der Waals surface area contributed by atoms with Crippen LogP contribution in [0.2, 0.25) is 0 Å². The van der Waals surface area contributed by atoms with E-state index >= 15 is 0 Å². The number of benzene rings is 1. The van der Waals surface area contributed by atoms with Crippen LogP contribution >= 0.6 is 0 Å². The number of hydrogen-bond acceptors (Lipinski definition) is 3. The molecule has 0 unspecified atom stereocenters. The van der Waals surface area contributed by atoms with E-state index in [9.17, 15) is 4.79 Å². The number of oxazole rings is 1. The van der Waals surface area contributed by atoms with Crippen molar-refractivity contribution in [3.63, 3.8) is 0 Å². The summed E-state index contributed by atoms with van der Waals surface area (Å²) in [6.07, 6.45) is 8.87. The minimum absolute atomic E-state index is 0.226. The van der Waals surface area contributed by atoms with E-state index in [0.717, 1.165) is 30.7 Å². The third-order valence-corrected chi connectivity index (χ3v) is 4.84. The van der Waals surface area contributed by atoms with Gasteiger partial charge in [0.05, 0.1) is 6.20 Å². The fraction of sp³-hybridized carbons (Fsp3) is 0.500. The largest absolute Gasteiger partial charge is 0.441 e. The molecule has 1 amide bonds. The van der Waals surface area contributed by atoms with Crippen LogP contribution in [-0.2, 0) is 11.2 Å². The molecule has 1 fully saturated rings. The van der Waals surface area contributed by atoms with Crippen LogP contribution in [0.15, 0.2) is 40.9 Å². The van der Waals surface area contributed by atoms with Crippen molar-refractivity contribution in [2.45, 2.75) is 57.9 Å². The van der Waals surface area contributed by atoms with Gasteiger partial charge < -0.3 is 9.32 Å². The van der Waals surface area contributed by atoms with Crippen LogP contribution in [-0.4, -0.2) is 28.4 Å². The van der Waals surface area contributed by atoms with E-state index in [2.05, 4.69) is 16.8 Å². The molecule has 0 bridgehead atoms. The van der Waals surface area contributed by atoms with E-state index in [1.165, 1.54) is 19.3 Å². The van der Waals surface area contributed by atoms with E-state index in [4.69, 9.17) is 4.42 Å². The monoisotopic (exact) mass is 326 g/mol. The highest BCUT2D eigenvalue weighted by molar-refractivity contribution is 5.76. The lowest BCUT2D eigenvalue weighted by molar-refractivity contribution is -0.134. The summed E-state index contributed by atoms with van der Waals surface area (Å²) in [7, 11) is 0. The van der Waals surface area contributed by atoms with Gasteiger partial charge in [-0.05, 0) is 19.8 Å². The first-order valence-electron chi connectivity index (χ1n) is 9.07. The van der Waals surface area contributed by atoms with Crippen LogP contribution in [0.25, 0.3) is 11.3 Å². The Morgan fingerprint density at radius 1 is 1.21 bits per heavy atom. The zero-order valence-corrected chi connectivity index (χ0v) is 14.4. The lowest BCUT2D eigenvalue weighted by Gasteiger charge is -2.33. The topological polar surface area (TPSA) is 46.3 Å². The standard InChI is InChI=1S/C20H26N2O2/c1-2-22(17-11-7-4-8-12-17)20(23)14-13-19-21-15-18(24-19)16-9-5-3-6-10-16/h3,5-6,9-10,15,17H,2,4,7-8,11-14H2,1H3. The Labute approximate surface area is 143 Å². The third kappa shape index (κ3) is 4.05. The van der Waals surface area contributed by atoms with Gasteiger partial charge in [0.15, 0.2) is 11.7 Å². The van der Waals surface area contributed by atoms with Gasteiger partial charge in [0.25, 0.3) is 0 Å². The molecule has 0 spiro atoms. The van der Waals surface area contributed by atoms with Gasteiger partial charge in [-0.25, -0.2) is 4.98 Å². The number of rotatable bonds is 6. The van der Waals surface area contributed by atoms with Crippen molar-refractivity contribution in [3.05, 3.63) is 42.4 Å². The number of aromatic nitrogens is 1. The summed E-state index contributed by atoms with van der Waals surface area (Å²) in [6, 6.07) is 10.4. The second kappa shape index (κ2) is 8.13. The molecule has 4 nitrogen and oxygen atoms in total. The normalized spacial score (nSPS) is 15.4. The van der Waals surface area contributed by atoms with E-state index in [1.807, 2.05) is 30.3 Å². The summed E-state index contributed by atoms with van der Waals surface area (Å²) in [5, 5.41) is 0. The fourth-order valence-electron chi connectivity index (χ4n) is 3.55. The molecular formula is C20H26N2O2. The minimum Gasteiger partial charge on any atom is -0.441 e. The lowest BCUT2D eigenvalue weighted by Crippen LogP contribution is -2.41. The second-order valence-electron chi connectivity index (χ2n) is 6.46. The van der Waals surface area contributed by atoms with Gasteiger partial charge >= 0.3 is 0 Å². The summed E-state index contributed by atoms with van der Waals surface area (Å²) in [6.45, 7) is 2.87. The lowest BCUT2D eigenvalue weighted by atomic mass is 9.94. The summed E-state index contributed by atoms with van der Waals surface area (Å²) in [5.74, 6) is 1.63. The van der Waals surface area contributed by atoms with E-state index in [-0.39, 0.29) is 5.91 Å². The zero-order chi connectivity index (χ0) is 16.8. The van der Waals surface area contributed by atoms with Crippen LogP contribution in [0.3, 0.4) is 0 Å². The van der Waals surface area contributed by atoms with Crippen molar-refractivity contribution in [2.75, 3.05) is 6.54 Å². The first-order chi connectivity index (χ1) is 11.8. The number of carbonyl (C=O) groups is 1. The molecule has 4 heteroatoms. The average Bonchev–Trinajstić information content (AvgIpc) is 3.11. The van der Waals surface area contributed by atoms with Gasteiger partial charge in [-0.1, -0.05) is 49.6 Å². The number of hydrogen-bond donors (Lipinski definition) is 0. The first kappa shape index (κ1) is 16.7. The van der Waals surface area contributed by atoms with E-state index < -0.39 is 0 Å². The van der Waals surface area contributed by atoms with Crippen molar-refractivity contribution in [1.29, 1.82) is 0 Å². The predicted molar refractivity (Wildman–Crippen MR) is 94.5 cm³/mol. The molecule has 0 atom stereocenters. The smallest absolute Gasteiger partial charge is 0.223 e. The Kier molecular flexibility index (Phi) is 5.68. The molecule has 0 N–H and O–H groups in total.